The summed E-state index contributed by atoms with van der Waals surface area (Å²) in [5, 5.41) is 9.46. The van der Waals surface area contributed by atoms with Gasteiger partial charge < -0.3 is 30.3 Å². The van der Waals surface area contributed by atoms with Gasteiger partial charge in [0.25, 0.3) is 5.91 Å². The molecule has 3 aromatic rings. The SMILES string of the molecule is CC(=O)N(C[C@H](NC(=O)OCc1ccccc1)C(=O)OC(C)C)N1C(=O)N(Cc2ccc(NC(=O)Nc3ccccc3C)cc2)C(C)(C)C1=O. The number of rotatable bonds is 12. The van der Waals surface area contributed by atoms with Crippen molar-refractivity contribution in [3.05, 3.63) is 95.6 Å². The summed E-state index contributed by atoms with van der Waals surface area (Å²) in [6, 6.07) is 20.3. The summed E-state index contributed by atoms with van der Waals surface area (Å²) >= 11 is 0. The van der Waals surface area contributed by atoms with E-state index in [1.165, 1.54) is 4.90 Å². The Hall–Kier alpha value is -5.92. The molecular weight excluding hydrogens is 644 g/mol. The molecule has 3 aromatic carbocycles. The molecule has 0 spiro atoms. The first-order valence-electron chi connectivity index (χ1n) is 16.0. The van der Waals surface area contributed by atoms with Crippen LogP contribution in [0.4, 0.5) is 25.8 Å². The van der Waals surface area contributed by atoms with Crippen molar-refractivity contribution in [1.82, 2.24) is 20.2 Å². The van der Waals surface area contributed by atoms with Gasteiger partial charge in [0.05, 0.1) is 12.6 Å². The first-order chi connectivity index (χ1) is 23.7. The average molecular weight is 687 g/mol. The fourth-order valence-corrected chi connectivity index (χ4v) is 5.09. The number of benzene rings is 3. The monoisotopic (exact) mass is 686 g/mol. The molecule has 14 nitrogen and oxygen atoms in total. The van der Waals surface area contributed by atoms with E-state index in [4.69, 9.17) is 9.47 Å². The number of esters is 1. The van der Waals surface area contributed by atoms with E-state index in [0.29, 0.717) is 27.5 Å². The minimum atomic E-state index is -1.48. The van der Waals surface area contributed by atoms with Gasteiger partial charge >= 0.3 is 24.1 Å². The van der Waals surface area contributed by atoms with Crippen molar-refractivity contribution < 1.29 is 38.2 Å². The highest BCUT2D eigenvalue weighted by Crippen LogP contribution is 2.31. The molecule has 0 bridgehead atoms. The van der Waals surface area contributed by atoms with E-state index in [1.807, 2.05) is 31.2 Å². The Kier molecular flexibility index (Phi) is 11.8. The minimum Gasteiger partial charge on any atom is -0.461 e. The first kappa shape index (κ1) is 36.9. The fraction of sp³-hybridized carbons (Fsp3) is 0.333. The third kappa shape index (κ3) is 9.15. The summed E-state index contributed by atoms with van der Waals surface area (Å²) in [4.78, 5) is 80.2. The number of urea groups is 2. The molecule has 0 aliphatic carbocycles. The predicted octanol–water partition coefficient (Wildman–Crippen LogP) is 5.19. The van der Waals surface area contributed by atoms with E-state index in [-0.39, 0.29) is 13.2 Å². The molecule has 1 saturated heterocycles. The van der Waals surface area contributed by atoms with Gasteiger partial charge in [0.2, 0.25) is 5.91 Å². The lowest BCUT2D eigenvalue weighted by atomic mass is 10.0. The predicted molar refractivity (Wildman–Crippen MR) is 184 cm³/mol. The van der Waals surface area contributed by atoms with E-state index in [9.17, 15) is 28.8 Å². The number of alkyl carbamates (subject to hydrolysis) is 1. The first-order valence-corrected chi connectivity index (χ1v) is 16.0. The van der Waals surface area contributed by atoms with Gasteiger partial charge in [-0.15, -0.1) is 0 Å². The van der Waals surface area contributed by atoms with Crippen molar-refractivity contribution in [3.8, 4) is 0 Å². The van der Waals surface area contributed by atoms with Crippen molar-refractivity contribution in [2.24, 2.45) is 0 Å². The molecule has 264 valence electrons. The standard InChI is InChI=1S/C36H42N6O8/c1-23(2)50-31(44)30(39-34(47)49-22-27-13-8-7-9-14-27)21-41(25(4)43)42-32(45)36(5,6)40(35(42)48)20-26-16-18-28(19-17-26)37-33(46)38-29-15-11-10-12-24(29)3/h7-19,23,30H,20-22H2,1-6H3,(H,39,47)(H2,37,38,46)/t30-/m0/s1. The molecule has 7 amide bonds. The summed E-state index contributed by atoms with van der Waals surface area (Å²) in [5.41, 5.74) is 2.03. The molecule has 1 aliphatic heterocycles. The molecule has 50 heavy (non-hydrogen) atoms. The minimum absolute atomic E-state index is 0.0155. The number of hydrogen-bond donors (Lipinski definition) is 3. The van der Waals surface area contributed by atoms with Crippen LogP contribution in [-0.4, -0.2) is 75.1 Å². The van der Waals surface area contributed by atoms with Crippen LogP contribution < -0.4 is 16.0 Å². The van der Waals surface area contributed by atoms with Gasteiger partial charge in [-0.25, -0.2) is 24.2 Å². The number of amides is 7. The van der Waals surface area contributed by atoms with Crippen molar-refractivity contribution in [2.75, 3.05) is 17.2 Å². The van der Waals surface area contributed by atoms with E-state index in [2.05, 4.69) is 16.0 Å². The molecule has 0 radical (unpaired) electrons. The Labute approximate surface area is 290 Å². The number of carbonyl (C=O) groups is 6. The number of hydrazine groups is 1. The molecule has 14 heteroatoms. The summed E-state index contributed by atoms with van der Waals surface area (Å²) in [6.07, 6.45) is -1.53. The van der Waals surface area contributed by atoms with Gasteiger partial charge in [0.1, 0.15) is 18.2 Å². The second kappa shape index (κ2) is 16.0. The third-order valence-electron chi connectivity index (χ3n) is 7.85. The zero-order valence-corrected chi connectivity index (χ0v) is 28.9. The van der Waals surface area contributed by atoms with Crippen molar-refractivity contribution >= 4 is 47.3 Å². The van der Waals surface area contributed by atoms with Crippen LogP contribution in [0, 0.1) is 6.92 Å². The highest BCUT2D eigenvalue weighted by molar-refractivity contribution is 6.07. The Balaban J connectivity index is 1.47. The van der Waals surface area contributed by atoms with Crippen LogP contribution in [-0.2, 0) is 37.0 Å². The lowest BCUT2D eigenvalue weighted by Gasteiger charge is -2.31. The van der Waals surface area contributed by atoms with Crippen molar-refractivity contribution in [2.45, 2.75) is 72.4 Å². The second-order valence-corrected chi connectivity index (χ2v) is 12.5. The van der Waals surface area contributed by atoms with Crippen molar-refractivity contribution in [3.63, 3.8) is 0 Å². The molecular formula is C36H42N6O8. The molecule has 0 unspecified atom stereocenters. The molecule has 1 aliphatic rings. The maximum absolute atomic E-state index is 13.8. The van der Waals surface area contributed by atoms with Gasteiger partial charge in [-0.2, -0.15) is 5.01 Å². The third-order valence-corrected chi connectivity index (χ3v) is 7.85. The van der Waals surface area contributed by atoms with Crippen molar-refractivity contribution in [1.29, 1.82) is 0 Å². The molecule has 1 heterocycles. The maximum Gasteiger partial charge on any atom is 0.408 e. The van der Waals surface area contributed by atoms with E-state index >= 15 is 0 Å². The Bertz CT molecular complexity index is 1730. The molecule has 0 aromatic heterocycles. The lowest BCUT2D eigenvalue weighted by Crippen LogP contribution is -2.57. The topological polar surface area (TPSA) is 167 Å². The molecule has 0 saturated carbocycles. The van der Waals surface area contributed by atoms with Gasteiger partial charge in [-0.05, 0) is 69.5 Å². The second-order valence-electron chi connectivity index (χ2n) is 12.5. The summed E-state index contributed by atoms with van der Waals surface area (Å²) < 4.78 is 10.6. The number of anilines is 2. The number of aryl methyl sites for hydroxylation is 1. The van der Waals surface area contributed by atoms with E-state index in [1.54, 1.807) is 82.3 Å². The Morgan fingerprint density at radius 2 is 1.50 bits per heavy atom. The van der Waals surface area contributed by atoms with Gasteiger partial charge in [-0.3, -0.25) is 9.59 Å². The largest absolute Gasteiger partial charge is 0.461 e. The molecule has 4 rings (SSSR count). The number of para-hydroxylation sites is 1. The molecule has 1 fully saturated rings. The number of hydrogen-bond acceptors (Lipinski definition) is 8. The number of nitrogens with zero attached hydrogens (tertiary/aromatic N) is 3. The zero-order valence-electron chi connectivity index (χ0n) is 28.9. The molecule has 3 N–H and O–H groups in total. The number of ether oxygens (including phenoxy) is 2. The van der Waals surface area contributed by atoms with Crippen LogP contribution in [0.3, 0.4) is 0 Å². The highest BCUT2D eigenvalue weighted by atomic mass is 16.6. The smallest absolute Gasteiger partial charge is 0.408 e. The molecule has 1 atom stereocenters. The lowest BCUT2D eigenvalue weighted by molar-refractivity contribution is -0.160. The van der Waals surface area contributed by atoms with Crippen LogP contribution in [0.5, 0.6) is 0 Å². The maximum atomic E-state index is 13.8. The number of nitrogens with one attached hydrogen (secondary N) is 3. The van der Waals surface area contributed by atoms with Crippen LogP contribution in [0.25, 0.3) is 0 Å². The zero-order chi connectivity index (χ0) is 36.6. The van der Waals surface area contributed by atoms with Gasteiger partial charge in [-0.1, -0.05) is 60.7 Å². The Morgan fingerprint density at radius 3 is 2.12 bits per heavy atom. The summed E-state index contributed by atoms with van der Waals surface area (Å²) in [5.74, 6) is -2.34. The fourth-order valence-electron chi connectivity index (χ4n) is 5.09. The highest BCUT2D eigenvalue weighted by Gasteiger charge is 2.54. The summed E-state index contributed by atoms with van der Waals surface area (Å²) in [6.45, 7) is 8.64. The average Bonchev–Trinajstić information content (AvgIpc) is 3.22. The van der Waals surface area contributed by atoms with E-state index < -0.39 is 60.2 Å². The normalized spacial score (nSPS) is 14.2. The van der Waals surface area contributed by atoms with Crippen LogP contribution in [0.15, 0.2) is 78.9 Å². The number of imide groups is 1. The van der Waals surface area contributed by atoms with Gasteiger partial charge in [0.15, 0.2) is 0 Å². The quantitative estimate of drug-likeness (QED) is 0.173. The van der Waals surface area contributed by atoms with Crippen LogP contribution >= 0.6 is 0 Å². The summed E-state index contributed by atoms with van der Waals surface area (Å²) in [7, 11) is 0. The van der Waals surface area contributed by atoms with Crippen LogP contribution in [0.1, 0.15) is 51.3 Å². The van der Waals surface area contributed by atoms with Gasteiger partial charge in [0, 0.05) is 24.8 Å². The van der Waals surface area contributed by atoms with E-state index in [0.717, 1.165) is 17.5 Å². The Morgan fingerprint density at radius 1 is 0.860 bits per heavy atom. The number of carbonyl (C=O) groups excluding carboxylic acids is 6. The van der Waals surface area contributed by atoms with Crippen LogP contribution in [0.2, 0.25) is 0 Å².